The van der Waals surface area contributed by atoms with Gasteiger partial charge in [0.15, 0.2) is 0 Å². The maximum Gasteiger partial charge on any atom is 0.243 e. The lowest BCUT2D eigenvalue weighted by atomic mass is 9.96. The molecule has 1 saturated heterocycles. The number of nitrogens with zero attached hydrogens (tertiary/aromatic N) is 1. The highest BCUT2D eigenvalue weighted by molar-refractivity contribution is 7.89. The van der Waals surface area contributed by atoms with Gasteiger partial charge >= 0.3 is 0 Å². The van der Waals surface area contributed by atoms with E-state index in [-0.39, 0.29) is 0 Å². The molecule has 0 amide bonds. The lowest BCUT2D eigenvalue weighted by Crippen LogP contribution is -2.29. The summed E-state index contributed by atoms with van der Waals surface area (Å²) in [5, 5.41) is 0. The van der Waals surface area contributed by atoms with Crippen LogP contribution in [0.5, 0.6) is 0 Å². The summed E-state index contributed by atoms with van der Waals surface area (Å²) in [7, 11) is -3.34. The number of benzene rings is 1. The van der Waals surface area contributed by atoms with Gasteiger partial charge in [-0.3, -0.25) is 0 Å². The van der Waals surface area contributed by atoms with Crippen LogP contribution in [0.25, 0.3) is 0 Å². The van der Waals surface area contributed by atoms with Crippen LogP contribution >= 0.6 is 11.6 Å². The number of hydrogen-bond acceptors (Lipinski definition) is 2. The number of halogens is 1. The van der Waals surface area contributed by atoms with Crippen LogP contribution in [0.15, 0.2) is 29.2 Å². The standard InChI is InChI=1S/C15H22ClNO2S/c1-12(2)14-8-10-17(11-14)20(18,19)15-5-3-13(4-6-15)7-9-16/h3-6,12,14H,7-11H2,1-2H3. The molecule has 5 heteroatoms. The van der Waals surface area contributed by atoms with E-state index in [9.17, 15) is 8.42 Å². The lowest BCUT2D eigenvalue weighted by molar-refractivity contribution is 0.388. The highest BCUT2D eigenvalue weighted by atomic mass is 35.5. The highest BCUT2D eigenvalue weighted by Crippen LogP contribution is 2.28. The van der Waals surface area contributed by atoms with E-state index in [0.29, 0.717) is 35.7 Å². The third kappa shape index (κ3) is 3.35. The van der Waals surface area contributed by atoms with Gasteiger partial charge in [0, 0.05) is 19.0 Å². The Balaban J connectivity index is 2.14. The second-order valence-corrected chi connectivity index (χ2v) is 8.05. The topological polar surface area (TPSA) is 37.4 Å². The number of hydrogen-bond donors (Lipinski definition) is 0. The van der Waals surface area contributed by atoms with Crippen molar-refractivity contribution < 1.29 is 8.42 Å². The molecule has 1 aromatic carbocycles. The van der Waals surface area contributed by atoms with Gasteiger partial charge in [0.2, 0.25) is 10.0 Å². The second-order valence-electron chi connectivity index (χ2n) is 5.74. The zero-order valence-electron chi connectivity index (χ0n) is 12.0. The third-order valence-corrected chi connectivity index (χ3v) is 6.14. The molecule has 0 spiro atoms. The first kappa shape index (κ1) is 15.8. The summed E-state index contributed by atoms with van der Waals surface area (Å²) in [6, 6.07) is 7.09. The molecule has 1 aromatic rings. The molecule has 0 bridgehead atoms. The van der Waals surface area contributed by atoms with Gasteiger partial charge in [-0.05, 0) is 42.4 Å². The van der Waals surface area contributed by atoms with Crippen LogP contribution in [0.4, 0.5) is 0 Å². The van der Waals surface area contributed by atoms with Crippen molar-refractivity contribution in [3.8, 4) is 0 Å². The highest BCUT2D eigenvalue weighted by Gasteiger charge is 2.33. The Kier molecular flexibility index (Phi) is 5.10. The largest absolute Gasteiger partial charge is 0.243 e. The van der Waals surface area contributed by atoms with Crippen LogP contribution < -0.4 is 0 Å². The van der Waals surface area contributed by atoms with Gasteiger partial charge in [0.1, 0.15) is 0 Å². The molecule has 1 atom stereocenters. The number of aryl methyl sites for hydroxylation is 1. The van der Waals surface area contributed by atoms with Crippen molar-refractivity contribution in [3.05, 3.63) is 29.8 Å². The Labute approximate surface area is 127 Å². The molecule has 0 radical (unpaired) electrons. The molecule has 0 saturated carbocycles. The van der Waals surface area contributed by atoms with Crippen LogP contribution in [0.1, 0.15) is 25.8 Å². The SMILES string of the molecule is CC(C)C1CCN(S(=O)(=O)c2ccc(CCCl)cc2)C1. The molecule has 112 valence electrons. The van der Waals surface area contributed by atoms with Crippen molar-refractivity contribution >= 4 is 21.6 Å². The van der Waals surface area contributed by atoms with Gasteiger partial charge < -0.3 is 0 Å². The summed E-state index contributed by atoms with van der Waals surface area (Å²) in [6.07, 6.45) is 1.72. The monoisotopic (exact) mass is 315 g/mol. The lowest BCUT2D eigenvalue weighted by Gasteiger charge is -2.18. The smallest absolute Gasteiger partial charge is 0.207 e. The predicted molar refractivity (Wildman–Crippen MR) is 82.6 cm³/mol. The second kappa shape index (κ2) is 6.46. The van der Waals surface area contributed by atoms with Gasteiger partial charge in [-0.25, -0.2) is 8.42 Å². The summed E-state index contributed by atoms with van der Waals surface area (Å²) in [4.78, 5) is 0.389. The fraction of sp³-hybridized carbons (Fsp3) is 0.600. The molecular weight excluding hydrogens is 294 g/mol. The van der Waals surface area contributed by atoms with E-state index in [0.717, 1.165) is 18.4 Å². The zero-order chi connectivity index (χ0) is 14.8. The molecule has 2 rings (SSSR count). The summed E-state index contributed by atoms with van der Waals surface area (Å²) in [5.41, 5.74) is 1.07. The molecule has 1 heterocycles. The third-order valence-electron chi connectivity index (χ3n) is 4.07. The molecule has 1 fully saturated rings. The van der Waals surface area contributed by atoms with E-state index in [2.05, 4.69) is 13.8 Å². The summed E-state index contributed by atoms with van der Waals surface area (Å²) < 4.78 is 26.8. The van der Waals surface area contributed by atoms with E-state index in [1.165, 1.54) is 0 Å². The normalized spacial score (nSPS) is 20.7. The minimum Gasteiger partial charge on any atom is -0.207 e. The Bertz CT molecular complexity index is 539. The van der Waals surface area contributed by atoms with Crippen LogP contribution in [-0.2, 0) is 16.4 Å². The number of rotatable bonds is 5. The molecule has 1 aliphatic rings. The summed E-state index contributed by atoms with van der Waals surface area (Å²) >= 11 is 5.69. The first-order valence-corrected chi connectivity index (χ1v) is 9.07. The summed E-state index contributed by atoms with van der Waals surface area (Å²) in [6.45, 7) is 5.58. The molecule has 1 aliphatic heterocycles. The Morgan fingerprint density at radius 1 is 1.30 bits per heavy atom. The maximum absolute atomic E-state index is 12.6. The first-order chi connectivity index (χ1) is 9.45. The predicted octanol–water partition coefficient (Wildman–Crippen LogP) is 3.13. The van der Waals surface area contributed by atoms with Crippen molar-refractivity contribution in [2.24, 2.45) is 11.8 Å². The molecule has 0 aromatic heterocycles. The van der Waals surface area contributed by atoms with Crippen molar-refractivity contribution in [1.82, 2.24) is 4.31 Å². The van der Waals surface area contributed by atoms with E-state index in [1.54, 1.807) is 16.4 Å². The fourth-order valence-electron chi connectivity index (χ4n) is 2.60. The fourth-order valence-corrected chi connectivity index (χ4v) is 4.33. The van der Waals surface area contributed by atoms with E-state index < -0.39 is 10.0 Å². The quantitative estimate of drug-likeness (QED) is 0.783. The van der Waals surface area contributed by atoms with Crippen molar-refractivity contribution in [2.75, 3.05) is 19.0 Å². The van der Waals surface area contributed by atoms with Gasteiger partial charge in [-0.15, -0.1) is 11.6 Å². The van der Waals surface area contributed by atoms with Crippen LogP contribution in [-0.4, -0.2) is 31.7 Å². The van der Waals surface area contributed by atoms with E-state index >= 15 is 0 Å². The van der Waals surface area contributed by atoms with Crippen LogP contribution in [0.3, 0.4) is 0 Å². The average molecular weight is 316 g/mol. The van der Waals surface area contributed by atoms with Gasteiger partial charge in [0.25, 0.3) is 0 Å². The molecular formula is C15H22ClNO2S. The Morgan fingerprint density at radius 2 is 1.95 bits per heavy atom. The van der Waals surface area contributed by atoms with Crippen molar-refractivity contribution in [3.63, 3.8) is 0 Å². The van der Waals surface area contributed by atoms with Crippen LogP contribution in [0.2, 0.25) is 0 Å². The van der Waals surface area contributed by atoms with Crippen molar-refractivity contribution in [1.29, 1.82) is 0 Å². The first-order valence-electron chi connectivity index (χ1n) is 7.10. The van der Waals surface area contributed by atoms with Gasteiger partial charge in [-0.1, -0.05) is 26.0 Å². The molecule has 1 unspecified atom stereocenters. The Hall–Kier alpha value is -0.580. The number of alkyl halides is 1. The number of sulfonamides is 1. The minimum absolute atomic E-state index is 0.389. The van der Waals surface area contributed by atoms with Crippen molar-refractivity contribution in [2.45, 2.75) is 31.6 Å². The van der Waals surface area contributed by atoms with Gasteiger partial charge in [-0.2, -0.15) is 4.31 Å². The summed E-state index contributed by atoms with van der Waals surface area (Å²) in [5.74, 6) is 1.55. The van der Waals surface area contributed by atoms with E-state index in [1.807, 2.05) is 12.1 Å². The molecule has 0 N–H and O–H groups in total. The molecule has 3 nitrogen and oxygen atoms in total. The van der Waals surface area contributed by atoms with E-state index in [4.69, 9.17) is 11.6 Å². The molecule has 0 aliphatic carbocycles. The Morgan fingerprint density at radius 3 is 2.45 bits per heavy atom. The zero-order valence-corrected chi connectivity index (χ0v) is 13.6. The molecule has 20 heavy (non-hydrogen) atoms. The minimum atomic E-state index is -3.34. The van der Waals surface area contributed by atoms with Gasteiger partial charge in [0.05, 0.1) is 4.90 Å². The maximum atomic E-state index is 12.6. The van der Waals surface area contributed by atoms with Crippen LogP contribution in [0, 0.1) is 11.8 Å². The average Bonchev–Trinajstić information content (AvgIpc) is 2.90.